The molecule has 1 fully saturated rings. The lowest BCUT2D eigenvalue weighted by Gasteiger charge is -2.38. The highest BCUT2D eigenvalue weighted by molar-refractivity contribution is 6.39. The first-order valence-electron chi connectivity index (χ1n) is 9.74. The Labute approximate surface area is 166 Å². The average molecular weight is 380 g/mol. The molecule has 0 saturated carbocycles. The third-order valence-electron chi connectivity index (χ3n) is 5.64. The predicted molar refractivity (Wildman–Crippen MR) is 111 cm³/mol. The molecule has 6 heteroatoms. The standard InChI is InChI=1S/C22H28N4O2/c1-14-9-10-18(11-17-7-5-4-6-8-17)26(13-14)22(28)21(27)25-19-12-24-20(23)16(3)15(19)2/h4-8,12,14,18H,9-11,13H2,1-3H3,(H2,23,24)(H,25,27)/t14-,18+/m0/s1. The number of hydrogen-bond donors (Lipinski definition) is 2. The molecule has 3 N–H and O–H groups in total. The minimum Gasteiger partial charge on any atom is -0.383 e. The maximum Gasteiger partial charge on any atom is 0.313 e. The molecular weight excluding hydrogens is 352 g/mol. The third-order valence-corrected chi connectivity index (χ3v) is 5.64. The van der Waals surface area contributed by atoms with Crippen LogP contribution >= 0.6 is 0 Å². The van der Waals surface area contributed by atoms with Gasteiger partial charge in [-0.15, -0.1) is 0 Å². The topological polar surface area (TPSA) is 88.3 Å². The van der Waals surface area contributed by atoms with Gasteiger partial charge in [-0.2, -0.15) is 0 Å². The van der Waals surface area contributed by atoms with Gasteiger partial charge >= 0.3 is 11.8 Å². The number of nitrogens with zero attached hydrogens (tertiary/aromatic N) is 2. The van der Waals surface area contributed by atoms with Crippen LogP contribution in [0.3, 0.4) is 0 Å². The molecule has 1 aromatic carbocycles. The number of likely N-dealkylation sites (tertiary alicyclic amines) is 1. The van der Waals surface area contributed by atoms with Crippen LogP contribution < -0.4 is 11.1 Å². The second-order valence-electron chi connectivity index (χ2n) is 7.74. The van der Waals surface area contributed by atoms with Crippen molar-refractivity contribution in [1.82, 2.24) is 9.88 Å². The van der Waals surface area contributed by atoms with Gasteiger partial charge in [0.2, 0.25) is 0 Å². The van der Waals surface area contributed by atoms with Gasteiger partial charge in [0.1, 0.15) is 5.82 Å². The number of hydrogen-bond acceptors (Lipinski definition) is 4. The molecule has 2 amide bonds. The molecule has 2 heterocycles. The molecule has 0 unspecified atom stereocenters. The van der Waals surface area contributed by atoms with Gasteiger partial charge < -0.3 is 16.0 Å². The molecule has 6 nitrogen and oxygen atoms in total. The van der Waals surface area contributed by atoms with E-state index in [1.165, 1.54) is 11.8 Å². The van der Waals surface area contributed by atoms with Crippen molar-refractivity contribution in [2.45, 2.75) is 46.1 Å². The van der Waals surface area contributed by atoms with E-state index < -0.39 is 11.8 Å². The zero-order valence-electron chi connectivity index (χ0n) is 16.7. The number of aromatic nitrogens is 1. The highest BCUT2D eigenvalue weighted by atomic mass is 16.2. The molecule has 0 bridgehead atoms. The molecular formula is C22H28N4O2. The summed E-state index contributed by atoms with van der Waals surface area (Å²) in [5.41, 5.74) is 9.13. The molecule has 28 heavy (non-hydrogen) atoms. The molecule has 3 rings (SSSR count). The normalized spacial score (nSPS) is 19.3. The Balaban J connectivity index is 1.75. The number of piperidine rings is 1. The molecule has 2 atom stereocenters. The lowest BCUT2D eigenvalue weighted by Crippen LogP contribution is -2.51. The van der Waals surface area contributed by atoms with E-state index in [-0.39, 0.29) is 6.04 Å². The van der Waals surface area contributed by atoms with Gasteiger partial charge in [0.25, 0.3) is 0 Å². The van der Waals surface area contributed by atoms with E-state index in [9.17, 15) is 9.59 Å². The third kappa shape index (κ3) is 4.32. The van der Waals surface area contributed by atoms with Crippen LogP contribution in [0.1, 0.15) is 36.5 Å². The summed E-state index contributed by atoms with van der Waals surface area (Å²) in [6, 6.07) is 10.1. The van der Waals surface area contributed by atoms with Gasteiger partial charge in [-0.25, -0.2) is 4.98 Å². The maximum atomic E-state index is 13.0. The van der Waals surface area contributed by atoms with Gasteiger partial charge in [0, 0.05) is 12.6 Å². The molecule has 1 aliphatic heterocycles. The highest BCUT2D eigenvalue weighted by Gasteiger charge is 2.33. The van der Waals surface area contributed by atoms with Crippen LogP contribution in [-0.4, -0.2) is 34.3 Å². The van der Waals surface area contributed by atoms with Crippen molar-refractivity contribution in [2.24, 2.45) is 5.92 Å². The molecule has 1 aliphatic rings. The van der Waals surface area contributed by atoms with Crippen LogP contribution in [0.2, 0.25) is 0 Å². The van der Waals surface area contributed by atoms with Crippen LogP contribution in [0.4, 0.5) is 11.5 Å². The molecule has 0 radical (unpaired) electrons. The first kappa shape index (κ1) is 19.9. The van der Waals surface area contributed by atoms with E-state index in [1.807, 2.05) is 32.0 Å². The number of amides is 2. The summed E-state index contributed by atoms with van der Waals surface area (Å²) < 4.78 is 0. The minimum atomic E-state index is -0.624. The smallest absolute Gasteiger partial charge is 0.313 e. The zero-order valence-corrected chi connectivity index (χ0v) is 16.7. The van der Waals surface area contributed by atoms with Gasteiger partial charge in [-0.05, 0) is 55.7 Å². The number of pyridine rings is 1. The Kier molecular flexibility index (Phi) is 5.97. The average Bonchev–Trinajstić information content (AvgIpc) is 2.70. The maximum absolute atomic E-state index is 13.0. The van der Waals surface area contributed by atoms with E-state index in [0.29, 0.717) is 24.0 Å². The fraction of sp³-hybridized carbons (Fsp3) is 0.409. The van der Waals surface area contributed by atoms with Crippen molar-refractivity contribution in [1.29, 1.82) is 0 Å². The first-order valence-corrected chi connectivity index (χ1v) is 9.74. The second-order valence-corrected chi connectivity index (χ2v) is 7.74. The van der Waals surface area contributed by atoms with Crippen molar-refractivity contribution in [2.75, 3.05) is 17.6 Å². The number of anilines is 2. The highest BCUT2D eigenvalue weighted by Crippen LogP contribution is 2.26. The minimum absolute atomic E-state index is 0.0317. The monoisotopic (exact) mass is 380 g/mol. The number of rotatable bonds is 3. The summed E-state index contributed by atoms with van der Waals surface area (Å²) in [4.78, 5) is 31.5. The lowest BCUT2D eigenvalue weighted by molar-refractivity contribution is -0.146. The Morgan fingerprint density at radius 2 is 1.89 bits per heavy atom. The number of benzene rings is 1. The van der Waals surface area contributed by atoms with Crippen molar-refractivity contribution in [3.05, 3.63) is 53.2 Å². The van der Waals surface area contributed by atoms with Gasteiger partial charge in [0.15, 0.2) is 0 Å². The summed E-state index contributed by atoms with van der Waals surface area (Å²) in [5, 5.41) is 2.73. The van der Waals surface area contributed by atoms with E-state index in [0.717, 1.165) is 30.4 Å². The number of nitrogen functional groups attached to an aromatic ring is 1. The SMILES string of the molecule is Cc1c(NC(=O)C(=O)N2C[C@@H](C)CC[C@@H]2Cc2ccccc2)cnc(N)c1C. The molecule has 148 valence electrons. The van der Waals surface area contributed by atoms with Crippen LogP contribution in [0.25, 0.3) is 0 Å². The lowest BCUT2D eigenvalue weighted by atomic mass is 9.90. The van der Waals surface area contributed by atoms with Gasteiger partial charge in [-0.3, -0.25) is 9.59 Å². The van der Waals surface area contributed by atoms with Gasteiger partial charge in [0.05, 0.1) is 11.9 Å². The largest absolute Gasteiger partial charge is 0.383 e. The number of nitrogens with one attached hydrogen (secondary N) is 1. The Morgan fingerprint density at radius 3 is 2.61 bits per heavy atom. The molecule has 0 spiro atoms. The summed E-state index contributed by atoms with van der Waals surface area (Å²) >= 11 is 0. The Hall–Kier alpha value is -2.89. The molecule has 2 aromatic rings. The van der Waals surface area contributed by atoms with Crippen LogP contribution in [0.15, 0.2) is 36.5 Å². The number of carbonyl (C=O) groups excluding carboxylic acids is 2. The summed E-state index contributed by atoms with van der Waals surface area (Å²) in [6.07, 6.45) is 4.22. The van der Waals surface area contributed by atoms with Crippen LogP contribution in [0.5, 0.6) is 0 Å². The van der Waals surface area contributed by atoms with Crippen molar-refractivity contribution < 1.29 is 9.59 Å². The fourth-order valence-corrected chi connectivity index (χ4v) is 3.71. The molecule has 1 aromatic heterocycles. The first-order chi connectivity index (χ1) is 13.4. The van der Waals surface area contributed by atoms with Crippen molar-refractivity contribution in [3.8, 4) is 0 Å². The van der Waals surface area contributed by atoms with Crippen LogP contribution in [0, 0.1) is 19.8 Å². The summed E-state index contributed by atoms with van der Waals surface area (Å²) in [5.74, 6) is -0.303. The zero-order chi connectivity index (χ0) is 20.3. The van der Waals surface area contributed by atoms with E-state index >= 15 is 0 Å². The van der Waals surface area contributed by atoms with E-state index in [2.05, 4.69) is 29.4 Å². The summed E-state index contributed by atoms with van der Waals surface area (Å²) in [6.45, 7) is 6.42. The number of carbonyl (C=O) groups is 2. The number of nitrogens with two attached hydrogens (primary N) is 1. The van der Waals surface area contributed by atoms with E-state index in [1.54, 1.807) is 4.90 Å². The van der Waals surface area contributed by atoms with E-state index in [4.69, 9.17) is 5.73 Å². The van der Waals surface area contributed by atoms with Crippen molar-refractivity contribution in [3.63, 3.8) is 0 Å². The molecule has 1 saturated heterocycles. The second kappa shape index (κ2) is 8.42. The van der Waals surface area contributed by atoms with Crippen molar-refractivity contribution >= 4 is 23.3 Å². The predicted octanol–water partition coefficient (Wildman–Crippen LogP) is 3.09. The Bertz CT molecular complexity index is 866. The van der Waals surface area contributed by atoms with Gasteiger partial charge in [-0.1, -0.05) is 37.3 Å². The molecule has 0 aliphatic carbocycles. The van der Waals surface area contributed by atoms with Crippen LogP contribution in [-0.2, 0) is 16.0 Å². The fourth-order valence-electron chi connectivity index (χ4n) is 3.71. The quantitative estimate of drug-likeness (QED) is 0.801. The summed E-state index contributed by atoms with van der Waals surface area (Å²) in [7, 11) is 0. The Morgan fingerprint density at radius 1 is 1.18 bits per heavy atom.